The lowest BCUT2D eigenvalue weighted by molar-refractivity contribution is 0.153. The highest BCUT2D eigenvalue weighted by molar-refractivity contribution is 5.78. The van der Waals surface area contributed by atoms with E-state index in [1.807, 2.05) is 11.9 Å². The molecule has 16 heavy (non-hydrogen) atoms. The van der Waals surface area contributed by atoms with Crippen LogP contribution in [-0.2, 0) is 0 Å². The zero-order valence-corrected chi connectivity index (χ0v) is 11.3. The van der Waals surface area contributed by atoms with Crippen LogP contribution in [0.2, 0.25) is 0 Å². The zero-order valence-electron chi connectivity index (χ0n) is 11.3. The predicted octanol–water partition coefficient (Wildman–Crippen LogP) is 1.42. The quantitative estimate of drug-likeness (QED) is 0.766. The van der Waals surface area contributed by atoms with Gasteiger partial charge in [-0.25, -0.2) is 4.79 Å². The first kappa shape index (κ1) is 13.3. The van der Waals surface area contributed by atoms with Crippen LogP contribution in [0.4, 0.5) is 4.79 Å². The Morgan fingerprint density at radius 3 is 2.31 bits per heavy atom. The van der Waals surface area contributed by atoms with E-state index in [9.17, 15) is 4.79 Å². The van der Waals surface area contributed by atoms with Crippen molar-refractivity contribution in [3.05, 3.63) is 0 Å². The van der Waals surface area contributed by atoms with Crippen LogP contribution >= 0.6 is 0 Å². The van der Waals surface area contributed by atoms with E-state index in [0.717, 1.165) is 13.1 Å². The number of likely N-dealkylation sites (N-methyl/N-ethyl adjacent to an activating group) is 1. The average molecular weight is 227 g/mol. The lowest BCUT2D eigenvalue weighted by atomic mass is 9.87. The molecule has 2 N–H and O–H groups in total. The van der Waals surface area contributed by atoms with Gasteiger partial charge in [0.05, 0.1) is 11.6 Å². The Morgan fingerprint density at radius 1 is 1.38 bits per heavy atom. The van der Waals surface area contributed by atoms with Crippen LogP contribution in [0, 0.1) is 5.41 Å². The van der Waals surface area contributed by atoms with Crippen molar-refractivity contribution in [2.45, 2.75) is 46.2 Å². The maximum Gasteiger partial charge on any atom is 0.318 e. The molecular formula is C12H25N3O. The van der Waals surface area contributed by atoms with Crippen LogP contribution in [0.3, 0.4) is 0 Å². The fourth-order valence-electron chi connectivity index (χ4n) is 2.08. The van der Waals surface area contributed by atoms with Crippen molar-refractivity contribution in [1.82, 2.24) is 15.5 Å². The highest BCUT2D eigenvalue weighted by Gasteiger charge is 2.42. The number of carbonyl (C=O) groups is 1. The summed E-state index contributed by atoms with van der Waals surface area (Å²) in [6.07, 6.45) is 0. The van der Waals surface area contributed by atoms with Gasteiger partial charge in [-0.2, -0.15) is 0 Å². The van der Waals surface area contributed by atoms with Crippen LogP contribution in [-0.4, -0.2) is 42.6 Å². The highest BCUT2D eigenvalue weighted by Crippen LogP contribution is 2.27. The monoisotopic (exact) mass is 227 g/mol. The number of nitrogens with zero attached hydrogens (tertiary/aromatic N) is 1. The molecule has 0 bridgehead atoms. The summed E-state index contributed by atoms with van der Waals surface area (Å²) in [6.45, 7) is 12.3. The largest absolute Gasteiger partial charge is 0.333 e. The molecule has 1 rings (SSSR count). The van der Waals surface area contributed by atoms with Crippen molar-refractivity contribution in [2.75, 3.05) is 20.1 Å². The third-order valence-electron chi connectivity index (χ3n) is 3.29. The van der Waals surface area contributed by atoms with Gasteiger partial charge < -0.3 is 15.5 Å². The molecular weight excluding hydrogens is 202 g/mol. The van der Waals surface area contributed by atoms with Gasteiger partial charge in [-0.3, -0.25) is 0 Å². The standard InChI is InChI=1S/C12H25N3O/c1-11(2,3)9-7-15(10(16)14-9)12(4,5)8-13-6/h9,13H,7-8H2,1-6H3,(H,14,16). The van der Waals surface area contributed by atoms with Gasteiger partial charge in [0.25, 0.3) is 0 Å². The molecule has 1 heterocycles. The van der Waals surface area contributed by atoms with Crippen LogP contribution in [0.1, 0.15) is 34.6 Å². The van der Waals surface area contributed by atoms with Crippen LogP contribution in [0.5, 0.6) is 0 Å². The molecule has 0 aromatic heterocycles. The minimum atomic E-state index is -0.140. The second kappa shape index (κ2) is 4.24. The fourth-order valence-corrected chi connectivity index (χ4v) is 2.08. The Bertz CT molecular complexity index is 268. The van der Waals surface area contributed by atoms with Crippen LogP contribution in [0.15, 0.2) is 0 Å². The summed E-state index contributed by atoms with van der Waals surface area (Å²) in [4.78, 5) is 13.9. The van der Waals surface area contributed by atoms with E-state index >= 15 is 0 Å². The topological polar surface area (TPSA) is 44.4 Å². The molecule has 0 aliphatic carbocycles. The second-order valence-electron chi connectivity index (χ2n) is 6.32. The first-order valence-corrected chi connectivity index (χ1v) is 5.91. The lowest BCUT2D eigenvalue weighted by Crippen LogP contribution is -2.51. The molecule has 4 nitrogen and oxygen atoms in total. The molecule has 1 aliphatic heterocycles. The molecule has 1 saturated heterocycles. The Kier molecular flexibility index (Phi) is 3.53. The van der Waals surface area contributed by atoms with Crippen molar-refractivity contribution in [2.24, 2.45) is 5.41 Å². The summed E-state index contributed by atoms with van der Waals surface area (Å²) in [5.41, 5.74) is -0.0288. The molecule has 1 fully saturated rings. The van der Waals surface area contributed by atoms with Gasteiger partial charge in [0, 0.05) is 13.1 Å². The molecule has 94 valence electrons. The maximum absolute atomic E-state index is 11.9. The van der Waals surface area contributed by atoms with Crippen molar-refractivity contribution >= 4 is 6.03 Å². The van der Waals surface area contributed by atoms with Gasteiger partial charge in [0.1, 0.15) is 0 Å². The Labute approximate surface area is 98.8 Å². The summed E-state index contributed by atoms with van der Waals surface area (Å²) < 4.78 is 0. The Balaban J connectivity index is 2.75. The molecule has 0 aromatic rings. The number of rotatable bonds is 3. The molecule has 1 aliphatic rings. The number of urea groups is 1. The predicted molar refractivity (Wildman–Crippen MR) is 66.5 cm³/mol. The number of nitrogens with one attached hydrogen (secondary N) is 2. The minimum absolute atomic E-state index is 0.0557. The molecule has 1 unspecified atom stereocenters. The normalized spacial score (nSPS) is 22.5. The first-order chi connectivity index (χ1) is 7.18. The van der Waals surface area contributed by atoms with Crippen molar-refractivity contribution < 1.29 is 4.79 Å². The summed E-state index contributed by atoms with van der Waals surface area (Å²) in [5, 5.41) is 6.20. The van der Waals surface area contributed by atoms with E-state index in [1.165, 1.54) is 0 Å². The number of hydrogen-bond acceptors (Lipinski definition) is 2. The van der Waals surface area contributed by atoms with E-state index in [-0.39, 0.29) is 23.0 Å². The maximum atomic E-state index is 11.9. The van der Waals surface area contributed by atoms with Gasteiger partial charge >= 0.3 is 6.03 Å². The van der Waals surface area contributed by atoms with Gasteiger partial charge in [-0.05, 0) is 26.3 Å². The lowest BCUT2D eigenvalue weighted by Gasteiger charge is -2.35. The molecule has 2 amide bonds. The molecule has 4 heteroatoms. The van der Waals surface area contributed by atoms with E-state index in [2.05, 4.69) is 45.3 Å². The number of carbonyl (C=O) groups excluding carboxylic acids is 1. The van der Waals surface area contributed by atoms with E-state index in [4.69, 9.17) is 0 Å². The van der Waals surface area contributed by atoms with E-state index in [0.29, 0.717) is 0 Å². The third kappa shape index (κ3) is 2.67. The van der Waals surface area contributed by atoms with Crippen molar-refractivity contribution in [1.29, 1.82) is 0 Å². The molecule has 0 spiro atoms. The average Bonchev–Trinajstić information content (AvgIpc) is 2.46. The first-order valence-electron chi connectivity index (χ1n) is 5.91. The molecule has 0 radical (unpaired) electrons. The van der Waals surface area contributed by atoms with Crippen molar-refractivity contribution in [3.63, 3.8) is 0 Å². The summed E-state index contributed by atoms with van der Waals surface area (Å²) in [7, 11) is 1.91. The molecule has 0 aromatic carbocycles. The fraction of sp³-hybridized carbons (Fsp3) is 0.917. The molecule has 0 saturated carbocycles. The van der Waals surface area contributed by atoms with Crippen LogP contribution < -0.4 is 10.6 Å². The molecule has 1 atom stereocenters. The number of amides is 2. The Hall–Kier alpha value is -0.770. The highest BCUT2D eigenvalue weighted by atomic mass is 16.2. The third-order valence-corrected chi connectivity index (χ3v) is 3.29. The number of hydrogen-bond donors (Lipinski definition) is 2. The Morgan fingerprint density at radius 2 is 1.94 bits per heavy atom. The smallest absolute Gasteiger partial charge is 0.318 e. The van der Waals surface area contributed by atoms with E-state index < -0.39 is 0 Å². The van der Waals surface area contributed by atoms with Crippen molar-refractivity contribution in [3.8, 4) is 0 Å². The van der Waals surface area contributed by atoms with Gasteiger partial charge in [0.15, 0.2) is 0 Å². The van der Waals surface area contributed by atoms with Gasteiger partial charge in [0.2, 0.25) is 0 Å². The SMILES string of the molecule is CNCC(C)(C)N1CC(C(C)(C)C)NC1=O. The van der Waals surface area contributed by atoms with Crippen LogP contribution in [0.25, 0.3) is 0 Å². The second-order valence-corrected chi connectivity index (χ2v) is 6.32. The van der Waals surface area contributed by atoms with E-state index in [1.54, 1.807) is 0 Å². The zero-order chi connectivity index (χ0) is 12.6. The van der Waals surface area contributed by atoms with Gasteiger partial charge in [-0.1, -0.05) is 20.8 Å². The summed E-state index contributed by atoms with van der Waals surface area (Å²) in [6, 6.07) is 0.288. The summed E-state index contributed by atoms with van der Waals surface area (Å²) in [5.74, 6) is 0. The summed E-state index contributed by atoms with van der Waals surface area (Å²) >= 11 is 0. The minimum Gasteiger partial charge on any atom is -0.333 e. The van der Waals surface area contributed by atoms with Gasteiger partial charge in [-0.15, -0.1) is 0 Å².